The zero-order chi connectivity index (χ0) is 31.9. The van der Waals surface area contributed by atoms with Crippen LogP contribution in [0.2, 0.25) is 0 Å². The average Bonchev–Trinajstić information content (AvgIpc) is 3.03. The maximum absolute atomic E-state index is 11.7. The van der Waals surface area contributed by atoms with E-state index in [-0.39, 0.29) is 0 Å². The molecule has 0 heterocycles. The maximum Gasteiger partial charge on any atom is 0.508 e. The molecule has 0 spiro atoms. The Bertz CT molecular complexity index is 636. The van der Waals surface area contributed by atoms with Crippen molar-refractivity contribution < 1.29 is 14.3 Å². The number of carbonyl (C=O) groups excluding carboxylic acids is 1. The molecule has 0 atom stereocenters. The smallest absolute Gasteiger partial charge is 0.434 e. The van der Waals surface area contributed by atoms with Gasteiger partial charge in [-0.2, -0.15) is 0 Å². The first-order chi connectivity index (χ1) is 21.8. The normalized spacial score (nSPS) is 11.9. The summed E-state index contributed by atoms with van der Waals surface area (Å²) in [5, 5.41) is 0. The lowest BCUT2D eigenvalue weighted by atomic mass is 10.1. The fraction of sp³-hybridized carbons (Fsp3) is 0.829. The molecule has 0 saturated heterocycles. The van der Waals surface area contributed by atoms with Gasteiger partial charge in [-0.25, -0.2) is 4.79 Å². The van der Waals surface area contributed by atoms with Gasteiger partial charge in [0.25, 0.3) is 0 Å². The van der Waals surface area contributed by atoms with Crippen LogP contribution in [-0.2, 0) is 9.47 Å². The summed E-state index contributed by atoms with van der Waals surface area (Å²) in [6.07, 6.45) is 51.9. The molecule has 0 aromatic heterocycles. The molecule has 0 rings (SSSR count). The molecule has 0 aliphatic rings. The van der Waals surface area contributed by atoms with Gasteiger partial charge in [-0.3, -0.25) is 0 Å². The molecule has 0 saturated carbocycles. The first-order valence-corrected chi connectivity index (χ1v) is 19.6. The molecule has 0 bridgehead atoms. The molecule has 0 aromatic carbocycles. The van der Waals surface area contributed by atoms with E-state index in [9.17, 15) is 4.79 Å². The second kappa shape index (κ2) is 39.5. The minimum absolute atomic E-state index is 0.485. The molecular formula is C41H76O3. The Kier molecular flexibility index (Phi) is 38.2. The highest BCUT2D eigenvalue weighted by atomic mass is 16.7. The van der Waals surface area contributed by atoms with Gasteiger partial charge in [0.1, 0.15) is 0 Å². The molecule has 258 valence electrons. The zero-order valence-electron chi connectivity index (χ0n) is 29.8. The third-order valence-electron chi connectivity index (χ3n) is 8.44. The lowest BCUT2D eigenvalue weighted by molar-refractivity contribution is 0.0529. The van der Waals surface area contributed by atoms with Gasteiger partial charge >= 0.3 is 6.16 Å². The van der Waals surface area contributed by atoms with Crippen molar-refractivity contribution in [2.75, 3.05) is 13.2 Å². The molecule has 0 amide bonds. The summed E-state index contributed by atoms with van der Waals surface area (Å²) in [5.74, 6) is 0. The van der Waals surface area contributed by atoms with Gasteiger partial charge in [0, 0.05) is 0 Å². The van der Waals surface area contributed by atoms with Crippen LogP contribution >= 0.6 is 0 Å². The highest BCUT2D eigenvalue weighted by Crippen LogP contribution is 2.13. The highest BCUT2D eigenvalue weighted by Gasteiger charge is 2.03. The Labute approximate surface area is 276 Å². The summed E-state index contributed by atoms with van der Waals surface area (Å²) in [4.78, 5) is 11.7. The van der Waals surface area contributed by atoms with E-state index >= 15 is 0 Å². The average molecular weight is 617 g/mol. The van der Waals surface area contributed by atoms with Gasteiger partial charge < -0.3 is 9.47 Å². The summed E-state index contributed by atoms with van der Waals surface area (Å²) < 4.78 is 10.5. The molecule has 0 aliphatic carbocycles. The SMILES string of the molecule is CCCCC/C=C\C/C=C\CCCCCCCCOC(=O)OCCCCCCCCCCCC/C=C\CCCCCCCC. The number of unbranched alkanes of at least 4 members (excludes halogenated alkanes) is 25. The van der Waals surface area contributed by atoms with Gasteiger partial charge in [0.15, 0.2) is 0 Å². The van der Waals surface area contributed by atoms with Crippen LogP contribution in [-0.4, -0.2) is 19.4 Å². The molecule has 0 fully saturated rings. The summed E-state index contributed by atoms with van der Waals surface area (Å²) in [5.41, 5.74) is 0. The third-order valence-corrected chi connectivity index (χ3v) is 8.44. The molecule has 0 unspecified atom stereocenters. The van der Waals surface area contributed by atoms with Crippen LogP contribution < -0.4 is 0 Å². The summed E-state index contributed by atoms with van der Waals surface area (Å²) >= 11 is 0. The molecular weight excluding hydrogens is 540 g/mol. The van der Waals surface area contributed by atoms with E-state index in [1.54, 1.807) is 0 Å². The molecule has 0 N–H and O–H groups in total. The second-order valence-electron chi connectivity index (χ2n) is 12.9. The van der Waals surface area contributed by atoms with Crippen LogP contribution in [0, 0.1) is 0 Å². The zero-order valence-corrected chi connectivity index (χ0v) is 29.8. The molecule has 0 radical (unpaired) electrons. The van der Waals surface area contributed by atoms with Crippen LogP contribution in [0.5, 0.6) is 0 Å². The predicted molar refractivity (Wildman–Crippen MR) is 195 cm³/mol. The Morgan fingerprint density at radius 3 is 1.02 bits per heavy atom. The van der Waals surface area contributed by atoms with Gasteiger partial charge in [-0.05, 0) is 70.6 Å². The molecule has 0 aromatic rings. The van der Waals surface area contributed by atoms with Crippen molar-refractivity contribution in [2.24, 2.45) is 0 Å². The predicted octanol–water partition coefficient (Wildman–Crippen LogP) is 14.6. The Balaban J connectivity index is 3.23. The quantitative estimate of drug-likeness (QED) is 0.0404. The van der Waals surface area contributed by atoms with Gasteiger partial charge in [0.2, 0.25) is 0 Å². The van der Waals surface area contributed by atoms with E-state index in [0.717, 1.165) is 32.1 Å². The largest absolute Gasteiger partial charge is 0.508 e. The number of ether oxygens (including phenoxy) is 2. The van der Waals surface area contributed by atoms with Gasteiger partial charge in [-0.15, -0.1) is 0 Å². The molecule has 44 heavy (non-hydrogen) atoms. The van der Waals surface area contributed by atoms with E-state index in [0.29, 0.717) is 13.2 Å². The van der Waals surface area contributed by atoms with Gasteiger partial charge in [-0.1, -0.05) is 172 Å². The van der Waals surface area contributed by atoms with Crippen LogP contribution in [0.4, 0.5) is 4.79 Å². The molecule has 3 nitrogen and oxygen atoms in total. The van der Waals surface area contributed by atoms with Gasteiger partial charge in [0.05, 0.1) is 13.2 Å². The standard InChI is InChI=1S/C41H76O3/c1-3-5-7-9-11-13-15-17-19-21-22-23-24-26-28-30-32-34-36-38-40-44-41(42)43-39-37-35-33-31-29-27-25-20-18-16-14-12-10-8-6-4-2/h12,14,17-20H,3-11,13,15-16,21-40H2,1-2H3/b14-12-,19-17-,20-18-. The number of carbonyl (C=O) groups is 1. The maximum atomic E-state index is 11.7. The van der Waals surface area contributed by atoms with Crippen LogP contribution in [0.3, 0.4) is 0 Å². The number of hydrogen-bond acceptors (Lipinski definition) is 3. The number of allylic oxidation sites excluding steroid dienone is 6. The van der Waals surface area contributed by atoms with Crippen molar-refractivity contribution in [1.29, 1.82) is 0 Å². The van der Waals surface area contributed by atoms with Crippen molar-refractivity contribution >= 4 is 6.16 Å². The molecule has 3 heteroatoms. The lowest BCUT2D eigenvalue weighted by Gasteiger charge is -2.06. The lowest BCUT2D eigenvalue weighted by Crippen LogP contribution is -2.09. The monoisotopic (exact) mass is 617 g/mol. The van der Waals surface area contributed by atoms with Crippen molar-refractivity contribution in [1.82, 2.24) is 0 Å². The molecule has 0 aliphatic heterocycles. The first kappa shape index (κ1) is 42.5. The van der Waals surface area contributed by atoms with Crippen molar-refractivity contribution in [3.8, 4) is 0 Å². The van der Waals surface area contributed by atoms with Crippen molar-refractivity contribution in [3.63, 3.8) is 0 Å². The van der Waals surface area contributed by atoms with Crippen LogP contribution in [0.1, 0.15) is 206 Å². The Morgan fingerprint density at radius 1 is 0.364 bits per heavy atom. The Morgan fingerprint density at radius 2 is 0.636 bits per heavy atom. The second-order valence-corrected chi connectivity index (χ2v) is 12.9. The van der Waals surface area contributed by atoms with Crippen molar-refractivity contribution in [3.05, 3.63) is 36.5 Å². The van der Waals surface area contributed by atoms with E-state index in [2.05, 4.69) is 50.3 Å². The number of hydrogen-bond donors (Lipinski definition) is 0. The van der Waals surface area contributed by atoms with E-state index in [4.69, 9.17) is 9.47 Å². The minimum Gasteiger partial charge on any atom is -0.434 e. The van der Waals surface area contributed by atoms with Crippen LogP contribution in [0.15, 0.2) is 36.5 Å². The fourth-order valence-corrected chi connectivity index (χ4v) is 5.50. The topological polar surface area (TPSA) is 35.5 Å². The summed E-state index contributed by atoms with van der Waals surface area (Å²) in [6, 6.07) is 0. The van der Waals surface area contributed by atoms with E-state index in [1.807, 2.05) is 0 Å². The summed E-state index contributed by atoms with van der Waals surface area (Å²) in [7, 11) is 0. The van der Waals surface area contributed by atoms with Crippen LogP contribution in [0.25, 0.3) is 0 Å². The Hall–Kier alpha value is -1.51. The highest BCUT2D eigenvalue weighted by molar-refractivity contribution is 5.59. The number of rotatable bonds is 35. The summed E-state index contributed by atoms with van der Waals surface area (Å²) in [6.45, 7) is 5.52. The van der Waals surface area contributed by atoms with Crippen molar-refractivity contribution in [2.45, 2.75) is 206 Å². The van der Waals surface area contributed by atoms with E-state index < -0.39 is 6.16 Å². The minimum atomic E-state index is -0.485. The van der Waals surface area contributed by atoms with E-state index in [1.165, 1.54) is 161 Å². The third kappa shape index (κ3) is 38.5. The first-order valence-electron chi connectivity index (χ1n) is 19.6. The fourth-order valence-electron chi connectivity index (χ4n) is 5.50.